The monoisotopic (exact) mass is 868 g/mol. The molecule has 1 unspecified atom stereocenters. The number of aryl methyl sites for hydroxylation is 2. The number of imide groups is 1. The van der Waals surface area contributed by atoms with E-state index in [0.717, 1.165) is 107 Å². The SMILES string of the molecule is C[C@@H]1CN(CCCc2cccc3c2n(C)c(=O)n3C2CCC(=O)NC2=O)CCN1CC1CCC(n2cc(NC(=O)c3cnn4ccc(N5C[C@H]6C[C@@H]5CO6)nc34)c(C(F)F)n2)CC1. The van der Waals surface area contributed by atoms with Crippen LogP contribution in [0.3, 0.4) is 0 Å². The van der Waals surface area contributed by atoms with E-state index < -0.39 is 30.0 Å². The van der Waals surface area contributed by atoms with E-state index in [9.17, 15) is 28.0 Å². The first-order valence-electron chi connectivity index (χ1n) is 22.4. The van der Waals surface area contributed by atoms with Crippen LogP contribution in [0.5, 0.6) is 0 Å². The van der Waals surface area contributed by atoms with E-state index in [1.165, 1.54) is 10.7 Å². The highest BCUT2D eigenvalue weighted by atomic mass is 19.3. The van der Waals surface area contributed by atoms with Gasteiger partial charge in [-0.25, -0.2) is 23.1 Å². The van der Waals surface area contributed by atoms with Gasteiger partial charge in [0.25, 0.3) is 12.3 Å². The molecule has 10 rings (SSSR count). The number of ether oxygens (including phenoxy) is 1. The van der Waals surface area contributed by atoms with Crippen molar-refractivity contribution in [2.45, 2.75) is 101 Å². The minimum Gasteiger partial charge on any atom is -0.374 e. The summed E-state index contributed by atoms with van der Waals surface area (Å²) in [5, 5.41) is 13.7. The number of rotatable bonds is 12. The third kappa shape index (κ3) is 7.92. The Bertz CT molecular complexity index is 2610. The van der Waals surface area contributed by atoms with Crippen molar-refractivity contribution < 1.29 is 27.9 Å². The number of hydrogen-bond donors (Lipinski definition) is 2. The highest BCUT2D eigenvalue weighted by molar-refractivity contribution is 6.08. The van der Waals surface area contributed by atoms with Crippen LogP contribution < -0.4 is 21.2 Å². The summed E-state index contributed by atoms with van der Waals surface area (Å²) >= 11 is 0. The Morgan fingerprint density at radius 1 is 1.05 bits per heavy atom. The molecule has 1 aromatic carbocycles. The van der Waals surface area contributed by atoms with Crippen molar-refractivity contribution in [3.05, 3.63) is 70.2 Å². The fourth-order valence-electron chi connectivity index (χ4n) is 10.8. The van der Waals surface area contributed by atoms with Gasteiger partial charge in [0, 0.05) is 64.6 Å². The average molecular weight is 869 g/mol. The number of alkyl halides is 2. The molecule has 334 valence electrons. The lowest BCUT2D eigenvalue weighted by Gasteiger charge is -2.42. The van der Waals surface area contributed by atoms with Gasteiger partial charge in [-0.05, 0) is 88.4 Å². The Morgan fingerprint density at radius 2 is 1.89 bits per heavy atom. The Labute approximate surface area is 362 Å². The summed E-state index contributed by atoms with van der Waals surface area (Å²) in [5.74, 6) is -0.0742. The summed E-state index contributed by atoms with van der Waals surface area (Å²) in [4.78, 5) is 63.4. The van der Waals surface area contributed by atoms with Crippen LogP contribution in [-0.2, 0) is 27.8 Å². The zero-order valence-electron chi connectivity index (χ0n) is 35.7. The maximum atomic E-state index is 14.3. The molecular formula is C44H54F2N12O5. The summed E-state index contributed by atoms with van der Waals surface area (Å²) in [6.07, 6.45) is 8.78. The van der Waals surface area contributed by atoms with E-state index in [1.54, 1.807) is 33.3 Å². The topological polar surface area (TPSA) is 169 Å². The number of imidazole rings is 1. The lowest BCUT2D eigenvalue weighted by molar-refractivity contribution is -0.135. The maximum Gasteiger partial charge on any atom is 0.329 e. The van der Waals surface area contributed by atoms with Crippen LogP contribution in [0, 0.1) is 5.92 Å². The molecule has 17 nitrogen and oxygen atoms in total. The fourth-order valence-corrected chi connectivity index (χ4v) is 10.8. The number of carbonyl (C=O) groups excluding carboxylic acids is 3. The van der Waals surface area contributed by atoms with Gasteiger partial charge in [-0.3, -0.25) is 38.4 Å². The maximum absolute atomic E-state index is 14.3. The minimum absolute atomic E-state index is 0.000125. The van der Waals surface area contributed by atoms with E-state index in [1.807, 2.05) is 18.2 Å². The molecule has 4 aliphatic heterocycles. The summed E-state index contributed by atoms with van der Waals surface area (Å²) in [6.45, 7) is 8.49. The number of nitrogens with zero attached hydrogens (tertiary/aromatic N) is 10. The second kappa shape index (κ2) is 16.9. The van der Waals surface area contributed by atoms with Crippen LogP contribution in [0.15, 0.2) is 47.7 Å². The lowest BCUT2D eigenvalue weighted by atomic mass is 9.85. The van der Waals surface area contributed by atoms with E-state index in [-0.39, 0.29) is 47.5 Å². The van der Waals surface area contributed by atoms with Crippen molar-refractivity contribution in [3.63, 3.8) is 0 Å². The normalized spacial score (nSPS) is 25.8. The number of piperidine rings is 1. The molecule has 0 radical (unpaired) electrons. The molecule has 2 N–H and O–H groups in total. The molecule has 5 aromatic rings. The number of amides is 3. The fraction of sp³-hybridized carbons (Fsp3) is 0.568. The second-order valence-corrected chi connectivity index (χ2v) is 18.2. The molecular weight excluding hydrogens is 815 g/mol. The molecule has 3 amide bonds. The molecule has 19 heteroatoms. The summed E-state index contributed by atoms with van der Waals surface area (Å²) in [5.41, 5.74) is 2.48. The van der Waals surface area contributed by atoms with Gasteiger partial charge in [-0.2, -0.15) is 10.2 Å². The summed E-state index contributed by atoms with van der Waals surface area (Å²) in [6, 6.07) is 7.62. The zero-order chi connectivity index (χ0) is 43.5. The summed E-state index contributed by atoms with van der Waals surface area (Å²) < 4.78 is 40.7. The van der Waals surface area contributed by atoms with Gasteiger partial charge < -0.3 is 19.9 Å². The first-order chi connectivity index (χ1) is 30.5. The van der Waals surface area contributed by atoms with Crippen molar-refractivity contribution >= 4 is 45.9 Å². The predicted molar refractivity (Wildman–Crippen MR) is 229 cm³/mol. The molecule has 4 atom stereocenters. The number of halogens is 2. The van der Waals surface area contributed by atoms with E-state index in [0.29, 0.717) is 30.6 Å². The first-order valence-corrected chi connectivity index (χ1v) is 22.4. The standard InChI is InChI=1S/C44H54F2N12O5/c1-26-21-53(15-4-6-28-5-3-7-34-39(28)52(2)44(62)58(34)35-12-13-37(59)50-43(35)61)17-18-54(26)22-27-8-10-29(11-9-27)57-24-33(38(51-57)40(45)46)48-42(60)32-20-47-56-16-14-36(49-41(32)56)55-23-31-19-30(55)25-63-31/h3,5,7,14,16,20,24,26-27,29-31,35,40H,4,6,8-13,15,17-19,21-23,25H2,1-2H3,(H,48,60)(H,50,59,61)/t26-,27?,29?,30-,31-,35?/m1/s1. The number of fused-ring (bicyclic) bond motifs is 4. The number of hydrogen-bond acceptors (Lipinski definition) is 11. The third-order valence-corrected chi connectivity index (χ3v) is 14.2. The number of morpholine rings is 1. The average Bonchev–Trinajstić information content (AvgIpc) is 4.12. The van der Waals surface area contributed by atoms with Crippen molar-refractivity contribution in [1.82, 2.24) is 48.6 Å². The van der Waals surface area contributed by atoms with Crippen LogP contribution >= 0.6 is 0 Å². The van der Waals surface area contributed by atoms with Crippen LogP contribution in [-0.4, -0.2) is 125 Å². The molecule has 4 saturated heterocycles. The minimum atomic E-state index is -2.86. The van der Waals surface area contributed by atoms with Gasteiger partial charge in [-0.1, -0.05) is 12.1 Å². The van der Waals surface area contributed by atoms with Gasteiger partial charge in [0.15, 0.2) is 11.3 Å². The van der Waals surface area contributed by atoms with Crippen molar-refractivity contribution in [2.75, 3.05) is 56.1 Å². The molecule has 5 aliphatic rings. The van der Waals surface area contributed by atoms with Crippen LogP contribution in [0.25, 0.3) is 16.7 Å². The number of para-hydroxylation sites is 1. The van der Waals surface area contributed by atoms with Crippen LogP contribution in [0.4, 0.5) is 20.3 Å². The molecule has 5 fully saturated rings. The number of carbonyl (C=O) groups is 3. The molecule has 2 bridgehead atoms. The summed E-state index contributed by atoms with van der Waals surface area (Å²) in [7, 11) is 1.74. The van der Waals surface area contributed by atoms with Gasteiger partial charge in [0.2, 0.25) is 11.8 Å². The molecule has 4 aromatic heterocycles. The molecule has 1 aliphatic carbocycles. The number of nitrogens with one attached hydrogen (secondary N) is 2. The number of piperazine rings is 1. The predicted octanol–water partition coefficient (Wildman–Crippen LogP) is 4.09. The van der Waals surface area contributed by atoms with Crippen molar-refractivity contribution in [3.8, 4) is 0 Å². The Morgan fingerprint density at radius 3 is 2.63 bits per heavy atom. The second-order valence-electron chi connectivity index (χ2n) is 18.2. The van der Waals surface area contributed by atoms with E-state index in [2.05, 4.69) is 48.5 Å². The van der Waals surface area contributed by atoms with Crippen LogP contribution in [0.1, 0.15) is 98.4 Å². The van der Waals surface area contributed by atoms with Gasteiger partial charge in [0.1, 0.15) is 17.4 Å². The third-order valence-electron chi connectivity index (χ3n) is 14.2. The largest absolute Gasteiger partial charge is 0.374 e. The van der Waals surface area contributed by atoms with Gasteiger partial charge in [-0.15, -0.1) is 0 Å². The molecule has 0 spiro atoms. The molecule has 1 saturated carbocycles. The highest BCUT2D eigenvalue weighted by Crippen LogP contribution is 2.37. The zero-order valence-corrected chi connectivity index (χ0v) is 35.7. The van der Waals surface area contributed by atoms with Crippen LogP contribution in [0.2, 0.25) is 0 Å². The Kier molecular flexibility index (Phi) is 11.1. The highest BCUT2D eigenvalue weighted by Gasteiger charge is 2.40. The lowest BCUT2D eigenvalue weighted by Crippen LogP contribution is -2.53. The number of anilines is 2. The quantitative estimate of drug-likeness (QED) is 0.173. The van der Waals surface area contributed by atoms with Gasteiger partial charge in [0.05, 0.1) is 47.7 Å². The van der Waals surface area contributed by atoms with E-state index >= 15 is 0 Å². The molecule has 63 heavy (non-hydrogen) atoms. The van der Waals surface area contributed by atoms with E-state index in [4.69, 9.17) is 9.72 Å². The number of benzene rings is 1. The van der Waals surface area contributed by atoms with Crippen molar-refractivity contribution in [2.24, 2.45) is 13.0 Å². The Balaban J connectivity index is 0.711. The first kappa shape index (κ1) is 41.5. The number of aromatic nitrogens is 7. The van der Waals surface area contributed by atoms with Gasteiger partial charge >= 0.3 is 5.69 Å². The molecule has 8 heterocycles. The Hall–Kier alpha value is -5.53. The van der Waals surface area contributed by atoms with Crippen molar-refractivity contribution in [1.29, 1.82) is 0 Å². The smallest absolute Gasteiger partial charge is 0.329 e.